The number of piperidine rings is 1. The number of nitrogens with zero attached hydrogens (tertiary/aromatic N) is 4. The third-order valence-electron chi connectivity index (χ3n) is 4.55. The highest BCUT2D eigenvalue weighted by atomic mass is 32.2. The van der Waals surface area contributed by atoms with Crippen LogP contribution in [0.15, 0.2) is 17.8 Å². The van der Waals surface area contributed by atoms with Gasteiger partial charge in [-0.1, -0.05) is 31.7 Å². The maximum atomic E-state index is 12.5. The highest BCUT2D eigenvalue weighted by Gasteiger charge is 2.30. The number of likely N-dealkylation sites (tertiary alicyclic amines) is 1. The lowest BCUT2D eigenvalue weighted by Crippen LogP contribution is -2.43. The van der Waals surface area contributed by atoms with Gasteiger partial charge in [-0.15, -0.1) is 16.8 Å². The Morgan fingerprint density at radius 3 is 2.61 bits per heavy atom. The molecule has 2 fully saturated rings. The van der Waals surface area contributed by atoms with Gasteiger partial charge in [-0.3, -0.25) is 4.79 Å². The molecule has 3 rings (SSSR count). The molecule has 2 atom stereocenters. The van der Waals surface area contributed by atoms with Crippen molar-refractivity contribution in [2.24, 2.45) is 11.8 Å². The number of hydrogen-bond acceptors (Lipinski definition) is 4. The molecule has 1 aromatic rings. The highest BCUT2D eigenvalue weighted by Crippen LogP contribution is 2.40. The van der Waals surface area contributed by atoms with E-state index in [9.17, 15) is 4.79 Å². The van der Waals surface area contributed by atoms with Crippen molar-refractivity contribution in [2.45, 2.75) is 50.7 Å². The average molecular weight is 334 g/mol. The minimum absolute atomic E-state index is 0.217. The Labute approximate surface area is 142 Å². The van der Waals surface area contributed by atoms with Gasteiger partial charge in [-0.25, -0.2) is 0 Å². The number of allylic oxidation sites excluding steroid dienone is 1. The number of aromatic nitrogens is 3. The first-order valence-corrected chi connectivity index (χ1v) is 9.51. The minimum Gasteiger partial charge on any atom is -0.341 e. The first-order valence-electron chi connectivity index (χ1n) is 8.53. The number of carbonyl (C=O) groups is 1. The Morgan fingerprint density at radius 2 is 2.00 bits per heavy atom. The fourth-order valence-corrected chi connectivity index (χ4v) is 4.29. The van der Waals surface area contributed by atoms with Crippen LogP contribution < -0.4 is 0 Å². The van der Waals surface area contributed by atoms with Gasteiger partial charge in [0.15, 0.2) is 5.16 Å². The quantitative estimate of drug-likeness (QED) is 0.593. The first-order chi connectivity index (χ1) is 11.1. The van der Waals surface area contributed by atoms with Gasteiger partial charge >= 0.3 is 0 Å². The molecule has 2 aliphatic rings. The van der Waals surface area contributed by atoms with Crippen molar-refractivity contribution in [1.29, 1.82) is 0 Å². The third-order valence-corrected chi connectivity index (χ3v) is 5.50. The summed E-state index contributed by atoms with van der Waals surface area (Å²) in [6.45, 7) is 10.8. The lowest BCUT2D eigenvalue weighted by Gasteiger charge is -2.34. The normalized spacial score (nSPS) is 24.7. The summed E-state index contributed by atoms with van der Waals surface area (Å²) in [6, 6.07) is 0. The van der Waals surface area contributed by atoms with Crippen LogP contribution in [0.25, 0.3) is 0 Å². The Bertz CT molecular complexity index is 571. The van der Waals surface area contributed by atoms with Crippen molar-refractivity contribution in [3.8, 4) is 0 Å². The number of rotatable bonds is 6. The van der Waals surface area contributed by atoms with Crippen LogP contribution >= 0.6 is 11.8 Å². The van der Waals surface area contributed by atoms with Crippen molar-refractivity contribution in [2.75, 3.05) is 18.8 Å². The predicted octanol–water partition coefficient (Wildman–Crippen LogP) is 2.94. The van der Waals surface area contributed by atoms with Gasteiger partial charge in [0.05, 0.1) is 5.75 Å². The lowest BCUT2D eigenvalue weighted by molar-refractivity contribution is -0.130. The van der Waals surface area contributed by atoms with Gasteiger partial charge in [0, 0.05) is 25.6 Å². The molecule has 23 heavy (non-hydrogen) atoms. The van der Waals surface area contributed by atoms with Gasteiger partial charge in [-0.05, 0) is 31.1 Å². The van der Waals surface area contributed by atoms with Gasteiger partial charge < -0.3 is 9.47 Å². The van der Waals surface area contributed by atoms with Crippen LogP contribution in [0.3, 0.4) is 0 Å². The van der Waals surface area contributed by atoms with Gasteiger partial charge in [0.1, 0.15) is 5.82 Å². The first kappa shape index (κ1) is 16.6. The van der Waals surface area contributed by atoms with E-state index in [-0.39, 0.29) is 5.91 Å². The molecule has 1 saturated heterocycles. The van der Waals surface area contributed by atoms with E-state index in [1.807, 2.05) is 11.0 Å². The van der Waals surface area contributed by atoms with E-state index in [0.29, 0.717) is 30.1 Å². The summed E-state index contributed by atoms with van der Waals surface area (Å²) < 4.78 is 2.12. The van der Waals surface area contributed by atoms with E-state index in [0.717, 1.165) is 24.1 Å². The summed E-state index contributed by atoms with van der Waals surface area (Å²) >= 11 is 1.51. The van der Waals surface area contributed by atoms with Crippen LogP contribution in [-0.4, -0.2) is 44.4 Å². The molecule has 5 nitrogen and oxygen atoms in total. The molecule has 2 unspecified atom stereocenters. The molecule has 1 aliphatic heterocycles. The molecule has 1 saturated carbocycles. The second-order valence-electron chi connectivity index (χ2n) is 7.05. The standard InChI is InChI=1S/C17H26N4OS/c1-4-7-21-16(14-5-6-14)18-19-17(21)23-11-15(22)20-9-12(2)8-13(3)10-20/h4,12-14H,1,5-11H2,2-3H3. The van der Waals surface area contributed by atoms with Gasteiger partial charge in [-0.2, -0.15) is 0 Å². The fraction of sp³-hybridized carbons (Fsp3) is 0.706. The smallest absolute Gasteiger partial charge is 0.233 e. The molecule has 1 aromatic heterocycles. The molecular weight excluding hydrogens is 308 g/mol. The molecular formula is C17H26N4OS. The summed E-state index contributed by atoms with van der Waals surface area (Å²) in [5.41, 5.74) is 0. The molecule has 6 heteroatoms. The molecule has 0 aromatic carbocycles. The maximum absolute atomic E-state index is 12.5. The van der Waals surface area contributed by atoms with Gasteiger partial charge in [0.25, 0.3) is 0 Å². The summed E-state index contributed by atoms with van der Waals surface area (Å²) in [7, 11) is 0. The van der Waals surface area contributed by atoms with E-state index in [1.54, 1.807) is 0 Å². The van der Waals surface area contributed by atoms with Crippen LogP contribution in [0.1, 0.15) is 44.9 Å². The van der Waals surface area contributed by atoms with Gasteiger partial charge in [0.2, 0.25) is 5.91 Å². The maximum Gasteiger partial charge on any atom is 0.233 e. The summed E-state index contributed by atoms with van der Waals surface area (Å²) in [4.78, 5) is 14.5. The van der Waals surface area contributed by atoms with E-state index < -0.39 is 0 Å². The number of amides is 1. The Kier molecular flexibility index (Phi) is 5.09. The highest BCUT2D eigenvalue weighted by molar-refractivity contribution is 7.99. The van der Waals surface area contributed by atoms with Crippen LogP contribution in [0.2, 0.25) is 0 Å². The second-order valence-corrected chi connectivity index (χ2v) is 7.99. The predicted molar refractivity (Wildman–Crippen MR) is 92.4 cm³/mol. The second kappa shape index (κ2) is 7.07. The van der Waals surface area contributed by atoms with Crippen LogP contribution in [0.5, 0.6) is 0 Å². The summed E-state index contributed by atoms with van der Waals surface area (Å²) in [5.74, 6) is 3.46. The monoisotopic (exact) mass is 334 g/mol. The minimum atomic E-state index is 0.217. The molecule has 2 heterocycles. The molecule has 0 bridgehead atoms. The molecule has 126 valence electrons. The zero-order chi connectivity index (χ0) is 16.4. The lowest BCUT2D eigenvalue weighted by atomic mass is 9.92. The van der Waals surface area contributed by atoms with Crippen molar-refractivity contribution in [3.63, 3.8) is 0 Å². The fourth-order valence-electron chi connectivity index (χ4n) is 3.44. The Hall–Kier alpha value is -1.30. The van der Waals surface area contributed by atoms with Crippen LogP contribution in [0, 0.1) is 11.8 Å². The number of carbonyl (C=O) groups excluding carboxylic acids is 1. The SMILES string of the molecule is C=CCn1c(SCC(=O)N2CC(C)CC(C)C2)nnc1C1CC1. The molecule has 1 aliphatic carbocycles. The summed E-state index contributed by atoms with van der Waals surface area (Å²) in [6.07, 6.45) is 5.48. The van der Waals surface area contributed by atoms with Crippen LogP contribution in [-0.2, 0) is 11.3 Å². The largest absolute Gasteiger partial charge is 0.341 e. The average Bonchev–Trinajstić information content (AvgIpc) is 3.27. The topological polar surface area (TPSA) is 51.0 Å². The van der Waals surface area contributed by atoms with Crippen molar-refractivity contribution in [3.05, 3.63) is 18.5 Å². The van der Waals surface area contributed by atoms with Crippen molar-refractivity contribution in [1.82, 2.24) is 19.7 Å². The zero-order valence-electron chi connectivity index (χ0n) is 14.1. The van der Waals surface area contributed by atoms with E-state index >= 15 is 0 Å². The van der Waals surface area contributed by atoms with Crippen LogP contribution in [0.4, 0.5) is 0 Å². The molecule has 0 radical (unpaired) electrons. The Morgan fingerprint density at radius 1 is 1.30 bits per heavy atom. The zero-order valence-corrected chi connectivity index (χ0v) is 14.9. The van der Waals surface area contributed by atoms with E-state index in [1.165, 1.54) is 31.0 Å². The Balaban J connectivity index is 1.61. The molecule has 0 N–H and O–H groups in total. The third kappa shape index (κ3) is 3.97. The number of hydrogen-bond donors (Lipinski definition) is 0. The van der Waals surface area contributed by atoms with E-state index in [2.05, 4.69) is 35.2 Å². The van der Waals surface area contributed by atoms with E-state index in [4.69, 9.17) is 0 Å². The summed E-state index contributed by atoms with van der Waals surface area (Å²) in [5, 5.41) is 9.48. The number of thioether (sulfide) groups is 1. The van der Waals surface area contributed by atoms with Crippen molar-refractivity contribution >= 4 is 17.7 Å². The van der Waals surface area contributed by atoms with Crippen molar-refractivity contribution < 1.29 is 4.79 Å². The molecule has 1 amide bonds. The molecule has 0 spiro atoms.